The summed E-state index contributed by atoms with van der Waals surface area (Å²) in [7, 11) is 0. The Bertz CT molecular complexity index is 3600. The monoisotopic (exact) mass is 1110 g/mol. The average Bonchev–Trinajstić information content (AvgIpc) is 3.49. The van der Waals surface area contributed by atoms with E-state index in [9.17, 15) is 14.4 Å². The number of hydrogen-bond acceptors (Lipinski definition) is 13. The molecule has 0 atom stereocenters. The number of piperazine rings is 1. The minimum absolute atomic E-state index is 0.164. The molecule has 5 aromatic carbocycles. The second kappa shape index (κ2) is 27.9. The quantitative estimate of drug-likeness (QED) is 0.0982. The van der Waals surface area contributed by atoms with Crippen LogP contribution in [0.4, 0.5) is 22.7 Å². The fraction of sp³-hybridized carbons (Fsp3) is 0.0833. The van der Waals surface area contributed by atoms with E-state index in [-0.39, 0.29) is 28.6 Å². The van der Waals surface area contributed by atoms with Crippen molar-refractivity contribution >= 4 is 75.3 Å². The smallest absolute Gasteiger partial charge is 0.274 e. The average molecular weight is 1110 g/mol. The maximum atomic E-state index is 12.3. The topological polar surface area (TPSA) is 211 Å². The third-order valence-electron chi connectivity index (χ3n) is 11.5. The molecule has 0 radical (unpaired) electrons. The van der Waals surface area contributed by atoms with Gasteiger partial charge in [-0.1, -0.05) is 83.3 Å². The van der Waals surface area contributed by atoms with Gasteiger partial charge in [0.15, 0.2) is 0 Å². The summed E-state index contributed by atoms with van der Waals surface area (Å²) < 4.78 is 11.3. The molecule has 79 heavy (non-hydrogen) atoms. The van der Waals surface area contributed by atoms with Crippen molar-refractivity contribution in [2.45, 2.75) is 6.54 Å². The summed E-state index contributed by atoms with van der Waals surface area (Å²) in [6.07, 6.45) is 6.21. The van der Waals surface area contributed by atoms with Crippen LogP contribution in [0, 0.1) is 22.7 Å². The van der Waals surface area contributed by atoms with Gasteiger partial charge in [0.2, 0.25) is 5.88 Å². The number of carbonyl (C=O) groups excluding carboxylic acids is 3. The number of rotatable bonds is 13. The van der Waals surface area contributed by atoms with Gasteiger partial charge in [-0.2, -0.15) is 10.5 Å². The Morgan fingerprint density at radius 2 is 0.975 bits per heavy atom. The second-order valence-electron chi connectivity index (χ2n) is 17.0. The zero-order valence-electron chi connectivity index (χ0n) is 41.8. The van der Waals surface area contributed by atoms with Crippen molar-refractivity contribution in [3.63, 3.8) is 0 Å². The Labute approximate surface area is 470 Å². The molecule has 0 unspecified atom stereocenters. The van der Waals surface area contributed by atoms with Gasteiger partial charge in [-0.15, -0.1) is 0 Å². The number of nitriles is 2. The minimum atomic E-state index is -0.346. The Morgan fingerprint density at radius 1 is 0.494 bits per heavy atom. The number of pyridine rings is 4. The Hall–Kier alpha value is -9.68. The number of ether oxygens (including phenoxy) is 2. The Morgan fingerprint density at radius 3 is 1.44 bits per heavy atom. The van der Waals surface area contributed by atoms with Crippen molar-refractivity contribution in [2.24, 2.45) is 0 Å². The molecule has 9 aromatic rings. The summed E-state index contributed by atoms with van der Waals surface area (Å²) in [5.74, 6) is 0.585. The lowest BCUT2D eigenvalue weighted by Gasteiger charge is -2.36. The van der Waals surface area contributed by atoms with Gasteiger partial charge in [0, 0.05) is 74.6 Å². The van der Waals surface area contributed by atoms with Crippen molar-refractivity contribution in [1.82, 2.24) is 24.8 Å². The second-order valence-corrected chi connectivity index (χ2v) is 18.2. The molecule has 3 amide bonds. The van der Waals surface area contributed by atoms with E-state index >= 15 is 0 Å². The van der Waals surface area contributed by atoms with E-state index in [4.69, 9.17) is 54.8 Å². The molecular weight excluding hydrogens is 1060 g/mol. The molecule has 19 heteroatoms. The zero-order chi connectivity index (χ0) is 55.3. The number of hydrogen-bond donors (Lipinski definition) is 3. The highest BCUT2D eigenvalue weighted by Crippen LogP contribution is 2.34. The van der Waals surface area contributed by atoms with Crippen LogP contribution >= 0.6 is 34.8 Å². The third kappa shape index (κ3) is 16.2. The van der Waals surface area contributed by atoms with Crippen LogP contribution < -0.4 is 30.3 Å². The molecule has 1 fully saturated rings. The van der Waals surface area contributed by atoms with Gasteiger partial charge >= 0.3 is 0 Å². The SMILES string of the molecule is N#Cc1ccc(Oc2ccc(NC(=O)c3ccccn3)cc2Cl)cc1.N#Cc1cccnc1Oc1ccc(NC(=O)c2ccccn2)cc1Cl.O=C(Nc1ccc(N2CCN(Cc3ccccc3)CC2)c(Cl)c1)c1ccccn1. The van der Waals surface area contributed by atoms with Crippen LogP contribution in [0.1, 0.15) is 48.2 Å². The van der Waals surface area contributed by atoms with E-state index in [1.54, 1.807) is 152 Å². The van der Waals surface area contributed by atoms with Crippen molar-refractivity contribution in [3.05, 3.63) is 250 Å². The Kier molecular flexibility index (Phi) is 19.6. The third-order valence-corrected chi connectivity index (χ3v) is 12.4. The van der Waals surface area contributed by atoms with Crippen LogP contribution in [0.5, 0.6) is 23.1 Å². The van der Waals surface area contributed by atoms with Crippen LogP contribution in [-0.2, 0) is 6.54 Å². The van der Waals surface area contributed by atoms with Gasteiger partial charge in [-0.25, -0.2) is 4.98 Å². The number of anilines is 4. The molecule has 1 aliphatic rings. The molecule has 0 bridgehead atoms. The van der Waals surface area contributed by atoms with Crippen molar-refractivity contribution in [1.29, 1.82) is 10.5 Å². The van der Waals surface area contributed by atoms with Gasteiger partial charge in [0.1, 0.15) is 46.0 Å². The van der Waals surface area contributed by atoms with Crippen LogP contribution in [-0.4, -0.2) is 68.7 Å². The minimum Gasteiger partial charge on any atom is -0.456 e. The molecule has 10 rings (SSSR count). The van der Waals surface area contributed by atoms with Gasteiger partial charge < -0.3 is 30.3 Å². The van der Waals surface area contributed by atoms with E-state index in [1.807, 2.05) is 30.3 Å². The number of benzene rings is 5. The van der Waals surface area contributed by atoms with E-state index in [0.717, 1.165) is 38.4 Å². The number of halogens is 3. The van der Waals surface area contributed by atoms with Crippen molar-refractivity contribution in [2.75, 3.05) is 47.0 Å². The lowest BCUT2D eigenvalue weighted by Crippen LogP contribution is -2.46. The first-order valence-electron chi connectivity index (χ1n) is 24.3. The van der Waals surface area contributed by atoms with Crippen LogP contribution in [0.15, 0.2) is 201 Å². The highest BCUT2D eigenvalue weighted by Gasteiger charge is 2.20. The number of amides is 3. The molecule has 0 saturated carbocycles. The molecule has 4 aromatic heterocycles. The molecule has 16 nitrogen and oxygen atoms in total. The molecule has 392 valence electrons. The van der Waals surface area contributed by atoms with Crippen molar-refractivity contribution in [3.8, 4) is 35.3 Å². The van der Waals surface area contributed by atoms with Gasteiger partial charge in [-0.05, 0) is 133 Å². The first kappa shape index (κ1) is 55.5. The number of nitrogens with zero attached hydrogens (tertiary/aromatic N) is 8. The fourth-order valence-electron chi connectivity index (χ4n) is 7.61. The molecular formula is C60H46Cl3N11O5. The lowest BCUT2D eigenvalue weighted by atomic mass is 10.2. The maximum absolute atomic E-state index is 12.3. The van der Waals surface area contributed by atoms with Gasteiger partial charge in [-0.3, -0.25) is 34.2 Å². The van der Waals surface area contributed by atoms with Crippen LogP contribution in [0.2, 0.25) is 15.1 Å². The predicted octanol–water partition coefficient (Wildman–Crippen LogP) is 13.0. The van der Waals surface area contributed by atoms with E-state index in [1.165, 1.54) is 11.8 Å². The number of carbonyl (C=O) groups is 3. The van der Waals surface area contributed by atoms with Gasteiger partial charge in [0.25, 0.3) is 17.7 Å². The molecule has 0 aliphatic carbocycles. The highest BCUT2D eigenvalue weighted by atomic mass is 35.5. The molecule has 0 spiro atoms. The predicted molar refractivity (Wildman–Crippen MR) is 305 cm³/mol. The largest absolute Gasteiger partial charge is 0.456 e. The first-order chi connectivity index (χ1) is 38.5. The number of nitrogens with one attached hydrogen (secondary N) is 3. The summed E-state index contributed by atoms with van der Waals surface area (Å²) in [6, 6.07) is 55.3. The van der Waals surface area contributed by atoms with Crippen LogP contribution in [0.25, 0.3) is 0 Å². The first-order valence-corrected chi connectivity index (χ1v) is 25.4. The number of aromatic nitrogens is 4. The summed E-state index contributed by atoms with van der Waals surface area (Å²) in [6.45, 7) is 4.80. The Balaban J connectivity index is 0.000000157. The van der Waals surface area contributed by atoms with Gasteiger partial charge in [0.05, 0.1) is 32.4 Å². The van der Waals surface area contributed by atoms with E-state index in [2.05, 4.69) is 70.0 Å². The van der Waals surface area contributed by atoms with Crippen LogP contribution in [0.3, 0.4) is 0 Å². The zero-order valence-corrected chi connectivity index (χ0v) is 44.1. The molecule has 3 N–H and O–H groups in total. The molecule has 5 heterocycles. The summed E-state index contributed by atoms with van der Waals surface area (Å²) in [5.41, 5.74) is 5.87. The van der Waals surface area contributed by atoms with E-state index < -0.39 is 0 Å². The van der Waals surface area contributed by atoms with E-state index in [0.29, 0.717) is 72.6 Å². The summed E-state index contributed by atoms with van der Waals surface area (Å²) in [5, 5.41) is 27.4. The standard InChI is InChI=1S/C23H23ClN4O.C19H12ClN3O2.C18H11ClN4O2/c24-20-16-19(26-23(29)21-8-4-5-11-25-21)9-10-22(20)28-14-12-27(13-15-28)17-18-6-2-1-3-7-18;20-16-11-14(23-19(24)17-3-1-2-10-22-17)6-9-18(16)25-15-7-4-13(12-21)5-8-15;19-14-10-13(23-17(24)15-5-1-2-8-21-15)6-7-16(14)25-18-12(11-20)4-3-9-22-18/h1-11,16H,12-15,17H2,(H,26,29);1-11H,(H,23,24);1-10H,(H,23,24). The summed E-state index contributed by atoms with van der Waals surface area (Å²) >= 11 is 19.0. The fourth-order valence-corrected chi connectivity index (χ4v) is 8.35. The normalized spacial score (nSPS) is 11.6. The molecule has 1 saturated heterocycles. The van der Waals surface area contributed by atoms with Crippen molar-refractivity contribution < 1.29 is 23.9 Å². The highest BCUT2D eigenvalue weighted by molar-refractivity contribution is 6.34. The lowest BCUT2D eigenvalue weighted by molar-refractivity contribution is 0.101. The summed E-state index contributed by atoms with van der Waals surface area (Å²) in [4.78, 5) is 57.3. The maximum Gasteiger partial charge on any atom is 0.274 e. The molecule has 1 aliphatic heterocycles.